The van der Waals surface area contributed by atoms with Gasteiger partial charge < -0.3 is 0 Å². The molecule has 0 spiro atoms. The normalized spacial score (nSPS) is 11.0. The summed E-state index contributed by atoms with van der Waals surface area (Å²) in [6.45, 7) is 10.4. The zero-order valence-electron chi connectivity index (χ0n) is 10.0. The highest BCUT2D eigenvalue weighted by Gasteiger charge is 2.17. The zero-order valence-corrected chi connectivity index (χ0v) is 10.0. The third-order valence-corrected chi connectivity index (χ3v) is 1.95. The number of fused-ring (bicyclic) bond motifs is 1. The first-order valence-electron chi connectivity index (χ1n) is 5.24. The quantitative estimate of drug-likeness (QED) is 0.665. The second-order valence-electron chi connectivity index (χ2n) is 4.05. The van der Waals surface area contributed by atoms with Crippen molar-refractivity contribution in [2.24, 2.45) is 0 Å². The van der Waals surface area contributed by atoms with E-state index in [0.29, 0.717) is 5.78 Å². The number of hydrogen-bond donors (Lipinski definition) is 0. The van der Waals surface area contributed by atoms with E-state index in [9.17, 15) is 0 Å². The molecule has 82 valence electrons. The number of aromatic nitrogens is 4. The molecule has 0 saturated heterocycles. The van der Waals surface area contributed by atoms with E-state index >= 15 is 0 Å². The maximum atomic E-state index is 4.13. The van der Waals surface area contributed by atoms with Gasteiger partial charge in [0.25, 0.3) is 5.78 Å². The van der Waals surface area contributed by atoms with E-state index in [0.717, 1.165) is 5.69 Å². The van der Waals surface area contributed by atoms with Crippen LogP contribution >= 0.6 is 0 Å². The molecule has 2 heterocycles. The molecule has 0 unspecified atom stereocenters. The highest BCUT2D eigenvalue weighted by Crippen LogP contribution is 2.20. The lowest BCUT2D eigenvalue weighted by molar-refractivity contribution is 0.546. The lowest BCUT2D eigenvalue weighted by atomic mass is 9.92. The molecule has 0 fully saturated rings. The number of hydrogen-bond acceptors (Lipinski definition) is 3. The Morgan fingerprint density at radius 2 is 1.80 bits per heavy atom. The molecule has 0 amide bonds. The summed E-state index contributed by atoms with van der Waals surface area (Å²) >= 11 is 0. The van der Waals surface area contributed by atoms with Gasteiger partial charge in [-0.25, -0.2) is 9.50 Å². The van der Waals surface area contributed by atoms with Crippen molar-refractivity contribution in [1.82, 2.24) is 19.6 Å². The fourth-order valence-electron chi connectivity index (χ4n) is 1.31. The average molecular weight is 206 g/mol. The molecule has 2 rings (SSSR count). The molecule has 0 atom stereocenters. The van der Waals surface area contributed by atoms with Gasteiger partial charge >= 0.3 is 0 Å². The van der Waals surface area contributed by atoms with E-state index in [-0.39, 0.29) is 5.41 Å². The summed E-state index contributed by atoms with van der Waals surface area (Å²) < 4.78 is 1.78. The van der Waals surface area contributed by atoms with Crippen LogP contribution in [0.15, 0.2) is 18.6 Å². The van der Waals surface area contributed by atoms with E-state index in [4.69, 9.17) is 0 Å². The Morgan fingerprint density at radius 1 is 1.13 bits per heavy atom. The SMILES string of the molecule is CC.CC(C)(C)c1ccnc2ncnn12. The summed E-state index contributed by atoms with van der Waals surface area (Å²) in [6.07, 6.45) is 3.29. The molecular weight excluding hydrogens is 188 g/mol. The molecule has 4 heteroatoms. The third kappa shape index (κ3) is 2.32. The van der Waals surface area contributed by atoms with E-state index in [1.54, 1.807) is 10.7 Å². The number of nitrogens with zero attached hydrogens (tertiary/aromatic N) is 4. The Balaban J connectivity index is 0.000000531. The van der Waals surface area contributed by atoms with Crippen LogP contribution in [0.25, 0.3) is 5.78 Å². The molecule has 0 aromatic carbocycles. The average Bonchev–Trinajstić information content (AvgIpc) is 2.66. The largest absolute Gasteiger partial charge is 0.252 e. The Bertz CT molecular complexity index is 425. The molecule has 0 radical (unpaired) electrons. The van der Waals surface area contributed by atoms with Crippen LogP contribution in [0, 0.1) is 0 Å². The van der Waals surface area contributed by atoms with E-state index in [2.05, 4.69) is 35.8 Å². The maximum Gasteiger partial charge on any atom is 0.252 e. The van der Waals surface area contributed by atoms with Gasteiger partial charge in [0.15, 0.2) is 0 Å². The molecule has 0 aliphatic carbocycles. The topological polar surface area (TPSA) is 43.1 Å². The molecule has 4 nitrogen and oxygen atoms in total. The molecule has 2 aromatic rings. The highest BCUT2D eigenvalue weighted by molar-refractivity contribution is 5.29. The minimum absolute atomic E-state index is 0.0644. The molecule has 0 aliphatic rings. The van der Waals surface area contributed by atoms with Crippen molar-refractivity contribution in [2.75, 3.05) is 0 Å². The van der Waals surface area contributed by atoms with Crippen LogP contribution in [0.3, 0.4) is 0 Å². The van der Waals surface area contributed by atoms with Crippen LogP contribution in [0.4, 0.5) is 0 Å². The standard InChI is InChI=1S/C9H12N4.C2H6/c1-9(2,3)7-4-5-10-8-11-6-12-13(7)8;1-2/h4-6H,1-3H3;1-2H3. The Hall–Kier alpha value is -1.45. The smallest absolute Gasteiger partial charge is 0.220 e. The van der Waals surface area contributed by atoms with Crippen molar-refractivity contribution in [3.05, 3.63) is 24.3 Å². The fourth-order valence-corrected chi connectivity index (χ4v) is 1.31. The van der Waals surface area contributed by atoms with Gasteiger partial charge in [0.05, 0.1) is 5.69 Å². The van der Waals surface area contributed by atoms with Gasteiger partial charge in [-0.1, -0.05) is 34.6 Å². The summed E-state index contributed by atoms with van der Waals surface area (Å²) in [7, 11) is 0. The van der Waals surface area contributed by atoms with Gasteiger partial charge in [-0.15, -0.1) is 0 Å². The molecule has 0 saturated carbocycles. The van der Waals surface area contributed by atoms with Gasteiger partial charge in [-0.05, 0) is 6.07 Å². The van der Waals surface area contributed by atoms with Crippen LogP contribution in [-0.4, -0.2) is 19.6 Å². The molecule has 0 N–H and O–H groups in total. The number of rotatable bonds is 0. The van der Waals surface area contributed by atoms with Crippen LogP contribution in [0.1, 0.15) is 40.3 Å². The first-order valence-corrected chi connectivity index (χ1v) is 5.24. The van der Waals surface area contributed by atoms with Gasteiger partial charge in [0, 0.05) is 11.6 Å². The Labute approximate surface area is 90.4 Å². The van der Waals surface area contributed by atoms with Gasteiger partial charge in [-0.3, -0.25) is 0 Å². The predicted octanol–water partition coefficient (Wildman–Crippen LogP) is 2.45. The lowest BCUT2D eigenvalue weighted by Gasteiger charge is -2.18. The second kappa shape index (κ2) is 4.38. The van der Waals surface area contributed by atoms with Gasteiger partial charge in [0.1, 0.15) is 6.33 Å². The van der Waals surface area contributed by atoms with Gasteiger partial charge in [-0.2, -0.15) is 10.1 Å². The molecule has 0 bridgehead atoms. The first-order chi connectivity index (χ1) is 7.09. The van der Waals surface area contributed by atoms with Crippen LogP contribution in [0.2, 0.25) is 0 Å². The Kier molecular flexibility index (Phi) is 3.39. The zero-order chi connectivity index (χ0) is 11.5. The van der Waals surface area contributed by atoms with Crippen molar-refractivity contribution >= 4 is 5.78 Å². The molecule has 0 aliphatic heterocycles. The molecular formula is C11H18N4. The van der Waals surface area contributed by atoms with E-state index < -0.39 is 0 Å². The van der Waals surface area contributed by atoms with Crippen molar-refractivity contribution in [2.45, 2.75) is 40.0 Å². The summed E-state index contributed by atoms with van der Waals surface area (Å²) in [6, 6.07) is 1.97. The summed E-state index contributed by atoms with van der Waals surface area (Å²) in [5, 5.41) is 4.13. The van der Waals surface area contributed by atoms with Crippen molar-refractivity contribution < 1.29 is 0 Å². The predicted molar refractivity (Wildman–Crippen MR) is 60.8 cm³/mol. The minimum Gasteiger partial charge on any atom is -0.220 e. The summed E-state index contributed by atoms with van der Waals surface area (Å²) in [5.41, 5.74) is 1.18. The maximum absolute atomic E-state index is 4.13. The Morgan fingerprint density at radius 3 is 2.40 bits per heavy atom. The van der Waals surface area contributed by atoms with E-state index in [1.807, 2.05) is 19.9 Å². The minimum atomic E-state index is 0.0644. The van der Waals surface area contributed by atoms with Crippen molar-refractivity contribution in [3.63, 3.8) is 0 Å². The first kappa shape index (κ1) is 11.6. The van der Waals surface area contributed by atoms with Gasteiger partial charge in [0.2, 0.25) is 0 Å². The summed E-state index contributed by atoms with van der Waals surface area (Å²) in [4.78, 5) is 8.14. The second-order valence-corrected chi connectivity index (χ2v) is 4.05. The fraction of sp³-hybridized carbons (Fsp3) is 0.545. The van der Waals surface area contributed by atoms with Crippen molar-refractivity contribution in [3.8, 4) is 0 Å². The lowest BCUT2D eigenvalue weighted by Crippen LogP contribution is -2.17. The monoisotopic (exact) mass is 206 g/mol. The van der Waals surface area contributed by atoms with Crippen LogP contribution in [0.5, 0.6) is 0 Å². The molecule has 2 aromatic heterocycles. The van der Waals surface area contributed by atoms with Crippen molar-refractivity contribution in [1.29, 1.82) is 0 Å². The third-order valence-electron chi connectivity index (χ3n) is 1.95. The molecule has 15 heavy (non-hydrogen) atoms. The highest BCUT2D eigenvalue weighted by atomic mass is 15.3. The van der Waals surface area contributed by atoms with Crippen LogP contribution < -0.4 is 0 Å². The van der Waals surface area contributed by atoms with Crippen LogP contribution in [-0.2, 0) is 5.41 Å². The van der Waals surface area contributed by atoms with E-state index in [1.165, 1.54) is 6.33 Å². The summed E-state index contributed by atoms with van der Waals surface area (Å²) in [5.74, 6) is 0.660.